The van der Waals surface area contributed by atoms with Crippen LogP contribution in [-0.4, -0.2) is 45.5 Å². The van der Waals surface area contributed by atoms with E-state index in [2.05, 4.69) is 5.32 Å². The minimum Gasteiger partial charge on any atom is -0.465 e. The lowest BCUT2D eigenvalue weighted by atomic mass is 9.79. The highest BCUT2D eigenvalue weighted by Gasteiger charge is 2.38. The zero-order valence-electron chi connectivity index (χ0n) is 20.4. The Labute approximate surface area is 201 Å². The Balaban J connectivity index is 1.74. The fourth-order valence-electron chi connectivity index (χ4n) is 4.61. The minimum absolute atomic E-state index is 0.215. The molecule has 7 nitrogen and oxygen atoms in total. The number of carboxylic acid groups (broad SMARTS) is 1. The molecule has 34 heavy (non-hydrogen) atoms. The number of aliphatic hydroxyl groups excluding tert-OH is 1. The van der Waals surface area contributed by atoms with E-state index in [1.54, 1.807) is 0 Å². The topological polar surface area (TPSA) is 99.1 Å². The summed E-state index contributed by atoms with van der Waals surface area (Å²) in [4.78, 5) is 25.5. The van der Waals surface area contributed by atoms with Crippen LogP contribution in [0.3, 0.4) is 0 Å². The van der Waals surface area contributed by atoms with E-state index in [0.29, 0.717) is 19.4 Å². The van der Waals surface area contributed by atoms with Crippen LogP contribution in [-0.2, 0) is 11.2 Å². The Morgan fingerprint density at radius 3 is 2.29 bits per heavy atom. The Kier molecular flexibility index (Phi) is 8.20. The maximum absolute atomic E-state index is 12.1. The maximum Gasteiger partial charge on any atom is 0.408 e. The number of benzene rings is 2. The quantitative estimate of drug-likeness (QED) is 0.534. The molecular weight excluding hydrogens is 432 g/mol. The predicted octanol–water partition coefficient (Wildman–Crippen LogP) is 5.31. The molecule has 7 heteroatoms. The summed E-state index contributed by atoms with van der Waals surface area (Å²) < 4.78 is 5.32. The summed E-state index contributed by atoms with van der Waals surface area (Å²) in [6.45, 7) is 7.79. The fraction of sp³-hybridized carbons (Fsp3) is 0.481. The second-order valence-corrected chi connectivity index (χ2v) is 10.0. The van der Waals surface area contributed by atoms with E-state index < -0.39 is 23.9 Å². The molecule has 1 fully saturated rings. The summed E-state index contributed by atoms with van der Waals surface area (Å²) >= 11 is 0. The highest BCUT2D eigenvalue weighted by Crippen LogP contribution is 2.36. The third kappa shape index (κ3) is 6.73. The van der Waals surface area contributed by atoms with Crippen molar-refractivity contribution in [3.8, 4) is 0 Å². The first-order chi connectivity index (χ1) is 16.0. The van der Waals surface area contributed by atoms with Crippen LogP contribution >= 0.6 is 0 Å². The third-order valence-corrected chi connectivity index (χ3v) is 6.28. The molecule has 0 bridgehead atoms. The molecule has 0 saturated carbocycles. The Hall–Kier alpha value is -3.06. The summed E-state index contributed by atoms with van der Waals surface area (Å²) in [5.41, 5.74) is 2.11. The van der Waals surface area contributed by atoms with E-state index in [1.165, 1.54) is 4.90 Å². The van der Waals surface area contributed by atoms with Crippen LogP contribution in [0.5, 0.6) is 0 Å². The first-order valence-corrected chi connectivity index (χ1v) is 11.9. The largest absolute Gasteiger partial charge is 0.465 e. The molecule has 0 radical (unpaired) electrons. The van der Waals surface area contributed by atoms with Gasteiger partial charge >= 0.3 is 12.2 Å². The van der Waals surface area contributed by atoms with Gasteiger partial charge in [-0.2, -0.15) is 0 Å². The van der Waals surface area contributed by atoms with Gasteiger partial charge in [-0.3, -0.25) is 0 Å². The number of likely N-dealkylation sites (tertiary alicyclic amines) is 1. The summed E-state index contributed by atoms with van der Waals surface area (Å²) in [6.07, 6.45) is -0.197. The molecule has 3 rings (SSSR count). The number of piperidine rings is 1. The average molecular weight is 469 g/mol. The average Bonchev–Trinajstić information content (AvgIpc) is 2.78. The predicted molar refractivity (Wildman–Crippen MR) is 131 cm³/mol. The van der Waals surface area contributed by atoms with Gasteiger partial charge in [0.1, 0.15) is 5.60 Å². The van der Waals surface area contributed by atoms with Gasteiger partial charge in [0, 0.05) is 18.5 Å². The van der Waals surface area contributed by atoms with Crippen molar-refractivity contribution in [2.24, 2.45) is 5.92 Å². The number of nitrogens with zero attached hydrogens (tertiary/aromatic N) is 1. The van der Waals surface area contributed by atoms with Crippen LogP contribution in [0.2, 0.25) is 0 Å². The summed E-state index contributed by atoms with van der Waals surface area (Å²) in [6, 6.07) is 16.7. The molecule has 4 atom stereocenters. The number of rotatable bonds is 6. The van der Waals surface area contributed by atoms with Crippen LogP contribution in [0, 0.1) is 5.92 Å². The monoisotopic (exact) mass is 468 g/mol. The maximum atomic E-state index is 12.1. The highest BCUT2D eigenvalue weighted by molar-refractivity contribution is 5.68. The van der Waals surface area contributed by atoms with E-state index in [0.717, 1.165) is 23.1 Å². The van der Waals surface area contributed by atoms with E-state index in [9.17, 15) is 19.8 Å². The summed E-state index contributed by atoms with van der Waals surface area (Å²) in [5, 5.41) is 23.9. The number of ether oxygens (including phenoxy) is 1. The van der Waals surface area contributed by atoms with Crippen molar-refractivity contribution in [2.75, 3.05) is 6.54 Å². The second-order valence-electron chi connectivity index (χ2n) is 10.0. The number of nitrogens with one attached hydrogen (secondary N) is 1. The Morgan fingerprint density at radius 2 is 1.71 bits per heavy atom. The molecule has 0 aliphatic carbocycles. The van der Waals surface area contributed by atoms with E-state index >= 15 is 0 Å². The van der Waals surface area contributed by atoms with E-state index in [-0.39, 0.29) is 18.0 Å². The van der Waals surface area contributed by atoms with Crippen molar-refractivity contribution in [2.45, 2.75) is 70.7 Å². The van der Waals surface area contributed by atoms with Gasteiger partial charge in [0.15, 0.2) is 0 Å². The second kappa shape index (κ2) is 10.9. The van der Waals surface area contributed by atoms with Crippen LogP contribution in [0.4, 0.5) is 9.59 Å². The van der Waals surface area contributed by atoms with Gasteiger partial charge in [-0.25, -0.2) is 9.59 Å². The number of aliphatic hydroxyl groups is 1. The SMILES string of the molecule is C[C@H](NC(=O)OC(C)(C)C)c1ccc(C(O)C2CCCN(C(=O)O)C2Cc2ccccc2)cc1. The van der Waals surface area contributed by atoms with E-state index in [4.69, 9.17) is 4.74 Å². The molecule has 1 heterocycles. The van der Waals surface area contributed by atoms with Gasteiger partial charge in [0.05, 0.1) is 12.1 Å². The summed E-state index contributed by atoms with van der Waals surface area (Å²) in [5.74, 6) is -0.215. The third-order valence-electron chi connectivity index (χ3n) is 6.28. The fourth-order valence-corrected chi connectivity index (χ4v) is 4.61. The van der Waals surface area contributed by atoms with Gasteiger partial charge in [-0.05, 0) is 63.6 Å². The molecule has 1 saturated heterocycles. The van der Waals surface area contributed by atoms with Crippen molar-refractivity contribution in [3.63, 3.8) is 0 Å². The van der Waals surface area contributed by atoms with Gasteiger partial charge in [-0.1, -0.05) is 54.6 Å². The summed E-state index contributed by atoms with van der Waals surface area (Å²) in [7, 11) is 0. The Morgan fingerprint density at radius 1 is 1.09 bits per heavy atom. The molecule has 184 valence electrons. The molecule has 0 aromatic heterocycles. The molecule has 0 spiro atoms. The number of carbonyl (C=O) groups excluding carboxylic acids is 1. The van der Waals surface area contributed by atoms with Crippen LogP contribution in [0.1, 0.15) is 69.4 Å². The lowest BCUT2D eigenvalue weighted by Gasteiger charge is -2.42. The molecule has 3 unspecified atom stereocenters. The molecule has 1 aliphatic rings. The number of hydrogen-bond acceptors (Lipinski definition) is 4. The van der Waals surface area contributed by atoms with Crippen LogP contribution in [0.15, 0.2) is 54.6 Å². The normalized spacial score (nSPS) is 20.3. The highest BCUT2D eigenvalue weighted by atomic mass is 16.6. The van der Waals surface area contributed by atoms with Gasteiger partial charge < -0.3 is 25.2 Å². The number of carbonyl (C=O) groups is 2. The number of hydrogen-bond donors (Lipinski definition) is 3. The van der Waals surface area contributed by atoms with Crippen molar-refractivity contribution >= 4 is 12.2 Å². The molecule has 2 amide bonds. The van der Waals surface area contributed by atoms with Crippen molar-refractivity contribution in [3.05, 3.63) is 71.3 Å². The van der Waals surface area contributed by atoms with Crippen molar-refractivity contribution in [1.29, 1.82) is 0 Å². The zero-order chi connectivity index (χ0) is 24.9. The minimum atomic E-state index is -0.949. The van der Waals surface area contributed by atoms with E-state index in [1.807, 2.05) is 82.3 Å². The number of amides is 2. The molecule has 3 N–H and O–H groups in total. The van der Waals surface area contributed by atoms with Crippen LogP contribution < -0.4 is 5.32 Å². The first kappa shape index (κ1) is 25.6. The number of alkyl carbamates (subject to hydrolysis) is 1. The standard InChI is InChI=1S/C27H36N2O5/c1-18(28-25(31)34-27(2,3)4)20-12-14-21(15-13-20)24(30)22-11-8-16-29(26(32)33)23(22)17-19-9-6-5-7-10-19/h5-7,9-10,12-15,18,22-24,30H,8,11,16-17H2,1-4H3,(H,28,31)(H,32,33)/t18-,22?,23?,24?/m0/s1. The van der Waals surface area contributed by atoms with Gasteiger partial charge in [0.25, 0.3) is 0 Å². The van der Waals surface area contributed by atoms with Crippen molar-refractivity contribution < 1.29 is 24.5 Å². The lowest BCUT2D eigenvalue weighted by molar-refractivity contribution is 0.00913. The molecular formula is C27H36N2O5. The van der Waals surface area contributed by atoms with Gasteiger partial charge in [0.2, 0.25) is 0 Å². The zero-order valence-corrected chi connectivity index (χ0v) is 20.4. The first-order valence-electron chi connectivity index (χ1n) is 11.9. The Bertz CT molecular complexity index is 955. The molecule has 2 aromatic rings. The lowest BCUT2D eigenvalue weighted by Crippen LogP contribution is -2.50. The van der Waals surface area contributed by atoms with Gasteiger partial charge in [-0.15, -0.1) is 0 Å². The molecule has 1 aliphatic heterocycles. The smallest absolute Gasteiger partial charge is 0.408 e. The van der Waals surface area contributed by atoms with Crippen molar-refractivity contribution in [1.82, 2.24) is 10.2 Å². The van der Waals surface area contributed by atoms with Crippen LogP contribution in [0.25, 0.3) is 0 Å². The molecule has 2 aromatic carbocycles.